The zero-order valence-electron chi connectivity index (χ0n) is 11.6. The maximum atomic E-state index is 12.1. The van der Waals surface area contributed by atoms with Crippen LogP contribution in [0, 0.1) is 6.92 Å². The van der Waals surface area contributed by atoms with Crippen LogP contribution in [-0.2, 0) is 11.3 Å². The van der Waals surface area contributed by atoms with Crippen molar-refractivity contribution in [3.8, 4) is 5.75 Å². The average Bonchev–Trinajstić information content (AvgIpc) is 2.52. The van der Waals surface area contributed by atoms with Crippen LogP contribution in [0.25, 0.3) is 0 Å². The van der Waals surface area contributed by atoms with Gasteiger partial charge >= 0.3 is 6.03 Å². The lowest BCUT2D eigenvalue weighted by atomic mass is 10.1. The summed E-state index contributed by atoms with van der Waals surface area (Å²) in [5.74, 6) is 0.456. The maximum Gasteiger partial charge on any atom is 0.325 e. The molecule has 3 amide bonds. The number of methoxy groups -OCH3 is 1. The molecule has 1 N–H and O–H groups in total. The van der Waals surface area contributed by atoms with E-state index in [1.54, 1.807) is 21.0 Å². The molecule has 102 valence electrons. The molecule has 1 aliphatic heterocycles. The lowest BCUT2D eigenvalue weighted by Gasteiger charge is -2.17. The summed E-state index contributed by atoms with van der Waals surface area (Å²) in [6.45, 7) is 5.57. The molecule has 2 rings (SSSR count). The van der Waals surface area contributed by atoms with E-state index in [1.165, 1.54) is 4.90 Å². The second-order valence-corrected chi connectivity index (χ2v) is 5.26. The number of nitrogens with zero attached hydrogens (tertiary/aromatic N) is 1. The first-order valence-corrected chi connectivity index (χ1v) is 6.13. The number of carbonyl (C=O) groups is 2. The first-order valence-electron chi connectivity index (χ1n) is 6.13. The van der Waals surface area contributed by atoms with Crippen molar-refractivity contribution in [2.75, 3.05) is 7.11 Å². The van der Waals surface area contributed by atoms with E-state index in [0.29, 0.717) is 5.75 Å². The monoisotopic (exact) mass is 262 g/mol. The molecule has 1 aliphatic rings. The normalized spacial score (nSPS) is 17.6. The van der Waals surface area contributed by atoms with Crippen LogP contribution < -0.4 is 10.1 Å². The van der Waals surface area contributed by atoms with Crippen molar-refractivity contribution in [3.63, 3.8) is 0 Å². The van der Waals surface area contributed by atoms with E-state index in [9.17, 15) is 9.59 Å². The number of hydrogen-bond acceptors (Lipinski definition) is 3. The van der Waals surface area contributed by atoms with Crippen LogP contribution >= 0.6 is 0 Å². The molecular formula is C14H18N2O3. The zero-order chi connectivity index (χ0) is 14.2. The van der Waals surface area contributed by atoms with E-state index in [1.807, 2.05) is 25.1 Å². The van der Waals surface area contributed by atoms with Gasteiger partial charge in [0.15, 0.2) is 0 Å². The second kappa shape index (κ2) is 4.57. The van der Waals surface area contributed by atoms with Crippen molar-refractivity contribution in [1.29, 1.82) is 0 Å². The Hall–Kier alpha value is -2.04. The summed E-state index contributed by atoms with van der Waals surface area (Å²) in [4.78, 5) is 25.2. The number of benzene rings is 1. The van der Waals surface area contributed by atoms with Gasteiger partial charge in [-0.2, -0.15) is 0 Å². The number of carbonyl (C=O) groups excluding carboxylic acids is 2. The third kappa shape index (κ3) is 2.41. The van der Waals surface area contributed by atoms with Crippen LogP contribution in [0.2, 0.25) is 0 Å². The number of urea groups is 1. The molecular weight excluding hydrogens is 244 g/mol. The maximum absolute atomic E-state index is 12.1. The number of nitrogens with one attached hydrogen (secondary N) is 1. The van der Waals surface area contributed by atoms with Gasteiger partial charge in [-0.15, -0.1) is 0 Å². The summed E-state index contributed by atoms with van der Waals surface area (Å²) in [7, 11) is 1.57. The van der Waals surface area contributed by atoms with Crippen molar-refractivity contribution in [1.82, 2.24) is 10.2 Å². The molecule has 1 aromatic carbocycles. The van der Waals surface area contributed by atoms with Crippen molar-refractivity contribution < 1.29 is 14.3 Å². The number of aryl methyl sites for hydroxylation is 1. The van der Waals surface area contributed by atoms with Crippen LogP contribution in [0.1, 0.15) is 25.0 Å². The Kier molecular flexibility index (Phi) is 3.22. The Balaban J connectivity index is 2.29. The fraction of sp³-hybridized carbons (Fsp3) is 0.429. The summed E-state index contributed by atoms with van der Waals surface area (Å²) >= 11 is 0. The van der Waals surface area contributed by atoms with Gasteiger partial charge in [-0.3, -0.25) is 9.69 Å². The lowest BCUT2D eigenvalue weighted by Crippen LogP contribution is -2.40. The largest absolute Gasteiger partial charge is 0.496 e. The minimum Gasteiger partial charge on any atom is -0.496 e. The lowest BCUT2D eigenvalue weighted by molar-refractivity contribution is -0.130. The van der Waals surface area contributed by atoms with E-state index < -0.39 is 5.54 Å². The molecule has 1 saturated heterocycles. The highest BCUT2D eigenvalue weighted by Gasteiger charge is 2.44. The Bertz CT molecular complexity index is 537. The topological polar surface area (TPSA) is 58.6 Å². The Morgan fingerprint density at radius 3 is 2.53 bits per heavy atom. The molecule has 5 nitrogen and oxygen atoms in total. The fourth-order valence-corrected chi connectivity index (χ4v) is 2.16. The highest BCUT2D eigenvalue weighted by atomic mass is 16.5. The summed E-state index contributed by atoms with van der Waals surface area (Å²) < 4.78 is 5.26. The van der Waals surface area contributed by atoms with Crippen molar-refractivity contribution >= 4 is 11.9 Å². The third-order valence-corrected chi connectivity index (χ3v) is 3.21. The minimum atomic E-state index is -0.839. The van der Waals surface area contributed by atoms with Gasteiger partial charge in [0, 0.05) is 5.56 Å². The van der Waals surface area contributed by atoms with Gasteiger partial charge in [0.2, 0.25) is 0 Å². The first-order chi connectivity index (χ1) is 8.85. The Morgan fingerprint density at radius 1 is 1.32 bits per heavy atom. The third-order valence-electron chi connectivity index (χ3n) is 3.21. The minimum absolute atomic E-state index is 0.221. The predicted molar refractivity (Wildman–Crippen MR) is 70.9 cm³/mol. The number of rotatable bonds is 3. The second-order valence-electron chi connectivity index (χ2n) is 5.26. The molecule has 0 bridgehead atoms. The van der Waals surface area contributed by atoms with Gasteiger partial charge in [0.25, 0.3) is 5.91 Å². The van der Waals surface area contributed by atoms with Gasteiger partial charge in [0.1, 0.15) is 11.3 Å². The number of ether oxygens (including phenoxy) is 1. The number of imide groups is 1. The van der Waals surface area contributed by atoms with E-state index in [4.69, 9.17) is 4.74 Å². The van der Waals surface area contributed by atoms with Crippen LogP contribution in [-0.4, -0.2) is 29.5 Å². The molecule has 0 radical (unpaired) electrons. The fourth-order valence-electron chi connectivity index (χ4n) is 2.16. The van der Waals surface area contributed by atoms with Gasteiger partial charge in [0.05, 0.1) is 13.7 Å². The number of amides is 3. The molecule has 5 heteroatoms. The summed E-state index contributed by atoms with van der Waals surface area (Å²) in [6, 6.07) is 5.33. The smallest absolute Gasteiger partial charge is 0.325 e. The van der Waals surface area contributed by atoms with E-state index in [-0.39, 0.29) is 18.5 Å². The molecule has 0 saturated carbocycles. The summed E-state index contributed by atoms with van der Waals surface area (Å²) in [5, 5.41) is 2.66. The molecule has 1 fully saturated rings. The molecule has 0 atom stereocenters. The van der Waals surface area contributed by atoms with Gasteiger partial charge < -0.3 is 10.1 Å². The standard InChI is InChI=1S/C14H18N2O3/c1-9-5-6-11(19-4)10(7-9)8-16-12(17)14(2,3)15-13(16)18/h5-7H,8H2,1-4H3,(H,15,18). The van der Waals surface area contributed by atoms with Crippen molar-refractivity contribution in [2.45, 2.75) is 32.9 Å². The molecule has 1 aromatic rings. The van der Waals surface area contributed by atoms with Gasteiger partial charge in [-0.05, 0) is 26.8 Å². The van der Waals surface area contributed by atoms with Crippen LogP contribution in [0.15, 0.2) is 18.2 Å². The molecule has 0 aromatic heterocycles. The molecule has 0 aliphatic carbocycles. The van der Waals surface area contributed by atoms with Crippen molar-refractivity contribution in [3.05, 3.63) is 29.3 Å². The quantitative estimate of drug-likeness (QED) is 0.845. The molecule has 19 heavy (non-hydrogen) atoms. The highest BCUT2D eigenvalue weighted by molar-refractivity contribution is 6.06. The predicted octanol–water partition coefficient (Wildman–Crippen LogP) is 1.83. The van der Waals surface area contributed by atoms with Gasteiger partial charge in [-0.1, -0.05) is 17.7 Å². The first kappa shape index (κ1) is 13.4. The van der Waals surface area contributed by atoms with Crippen molar-refractivity contribution in [2.24, 2.45) is 0 Å². The average molecular weight is 262 g/mol. The van der Waals surface area contributed by atoms with E-state index >= 15 is 0 Å². The summed E-state index contributed by atoms with van der Waals surface area (Å²) in [5.41, 5.74) is 1.04. The summed E-state index contributed by atoms with van der Waals surface area (Å²) in [6.07, 6.45) is 0. The van der Waals surface area contributed by atoms with Crippen LogP contribution in [0.5, 0.6) is 5.75 Å². The van der Waals surface area contributed by atoms with Crippen LogP contribution in [0.3, 0.4) is 0 Å². The van der Waals surface area contributed by atoms with E-state index in [0.717, 1.165) is 11.1 Å². The molecule has 1 heterocycles. The molecule has 0 unspecified atom stereocenters. The van der Waals surface area contributed by atoms with E-state index in [2.05, 4.69) is 5.32 Å². The van der Waals surface area contributed by atoms with Crippen LogP contribution in [0.4, 0.5) is 4.79 Å². The highest BCUT2D eigenvalue weighted by Crippen LogP contribution is 2.25. The number of hydrogen-bond donors (Lipinski definition) is 1. The molecule has 0 spiro atoms. The Morgan fingerprint density at radius 2 is 2.00 bits per heavy atom. The SMILES string of the molecule is COc1ccc(C)cc1CN1C(=O)NC(C)(C)C1=O. The van der Waals surface area contributed by atoms with Gasteiger partial charge in [-0.25, -0.2) is 4.79 Å². The Labute approximate surface area is 112 Å². The zero-order valence-corrected chi connectivity index (χ0v) is 11.6.